The molecule has 0 atom stereocenters. The molecule has 0 saturated carbocycles. The highest BCUT2D eigenvalue weighted by Crippen LogP contribution is 2.28. The van der Waals surface area contributed by atoms with Gasteiger partial charge in [-0.05, 0) is 0 Å². The number of nitrogens with one attached hydrogen (secondary N) is 1. The van der Waals surface area contributed by atoms with Gasteiger partial charge < -0.3 is 5.32 Å². The fourth-order valence-corrected chi connectivity index (χ4v) is 1.75. The Kier molecular flexibility index (Phi) is 5.92. The molecule has 27 heavy (non-hydrogen) atoms. The number of nitrogens with zero attached hydrogens (tertiary/aromatic N) is 5. The van der Waals surface area contributed by atoms with Gasteiger partial charge in [0.25, 0.3) is 0 Å². The maximum Gasteiger partial charge on any atom is 0.471 e. The van der Waals surface area contributed by atoms with E-state index >= 15 is 0 Å². The summed E-state index contributed by atoms with van der Waals surface area (Å²) in [5.41, 5.74) is 0.597. The number of carbonyl (C=O) groups is 1. The molecule has 3 aromatic rings. The van der Waals surface area contributed by atoms with Crippen molar-refractivity contribution < 1.29 is 31.1 Å². The highest BCUT2D eigenvalue weighted by molar-refractivity contribution is 5.81. The minimum atomic E-state index is -4.86. The molecule has 144 valence electrons. The highest BCUT2D eigenvalue weighted by Gasteiger charge is 2.38. The molecule has 0 fully saturated rings. The Bertz CT molecular complexity index is 892. The van der Waals surface area contributed by atoms with Crippen molar-refractivity contribution in [2.45, 2.75) is 18.9 Å². The molecule has 0 aromatic carbocycles. The van der Waals surface area contributed by atoms with Crippen LogP contribution < -0.4 is 5.32 Å². The summed E-state index contributed by atoms with van der Waals surface area (Å²) >= 11 is 0. The van der Waals surface area contributed by atoms with E-state index in [2.05, 4.69) is 19.9 Å². The van der Waals surface area contributed by atoms with E-state index in [0.29, 0.717) is 5.52 Å². The molecule has 0 aliphatic carbocycles. The van der Waals surface area contributed by atoms with Crippen LogP contribution in [0.25, 0.3) is 5.52 Å². The van der Waals surface area contributed by atoms with Gasteiger partial charge in [0.15, 0.2) is 0 Å². The number of hydrogen-bond acceptors (Lipinski definition) is 5. The highest BCUT2D eigenvalue weighted by atomic mass is 19.4. The molecule has 0 radical (unpaired) electrons. The van der Waals surface area contributed by atoms with E-state index in [-0.39, 0.29) is 12.2 Å². The third-order valence-corrected chi connectivity index (χ3v) is 2.89. The number of aromatic nitrogens is 5. The van der Waals surface area contributed by atoms with Crippen LogP contribution in [-0.4, -0.2) is 36.4 Å². The summed E-state index contributed by atoms with van der Waals surface area (Å²) in [6.45, 7) is -0.286. The summed E-state index contributed by atoms with van der Waals surface area (Å²) in [6.07, 6.45) is -0.329. The van der Waals surface area contributed by atoms with Crippen LogP contribution in [0.4, 0.5) is 26.3 Å². The average molecular weight is 392 g/mol. The number of imidazole rings is 1. The second kappa shape index (κ2) is 7.97. The lowest BCUT2D eigenvalue weighted by molar-refractivity contribution is -0.173. The Balaban J connectivity index is 0.000000194. The largest absolute Gasteiger partial charge is 0.471 e. The molecule has 1 amide bonds. The van der Waals surface area contributed by atoms with Crippen LogP contribution >= 0.6 is 0 Å². The van der Waals surface area contributed by atoms with Crippen LogP contribution in [0, 0.1) is 0 Å². The number of amides is 1. The van der Waals surface area contributed by atoms with Gasteiger partial charge in [0, 0.05) is 24.8 Å². The normalized spacial score (nSPS) is 11.6. The molecular formula is C14H10F6N6O. The third kappa shape index (κ3) is 5.62. The lowest BCUT2D eigenvalue weighted by atomic mass is 10.4. The summed E-state index contributed by atoms with van der Waals surface area (Å²) in [4.78, 5) is 24.6. The van der Waals surface area contributed by atoms with Gasteiger partial charge in [-0.15, -0.1) is 0 Å². The lowest BCUT2D eigenvalue weighted by Crippen LogP contribution is -2.36. The van der Waals surface area contributed by atoms with E-state index in [1.165, 1.54) is 37.2 Å². The Morgan fingerprint density at radius 3 is 2.26 bits per heavy atom. The number of carbonyl (C=O) groups excluding carboxylic acids is 1. The first-order valence-electron chi connectivity index (χ1n) is 7.03. The SMILES string of the molecule is FC(F)(F)c1ncc2cnccn12.O=C(NCc1cnccn1)C(F)(F)F. The van der Waals surface area contributed by atoms with Crippen LogP contribution in [0.2, 0.25) is 0 Å². The van der Waals surface area contributed by atoms with Crippen LogP contribution in [0.3, 0.4) is 0 Å². The van der Waals surface area contributed by atoms with Crippen LogP contribution in [0.1, 0.15) is 11.5 Å². The van der Waals surface area contributed by atoms with Crippen molar-refractivity contribution in [3.05, 3.63) is 54.9 Å². The maximum atomic E-state index is 12.2. The number of fused-ring (bicyclic) bond motifs is 1. The number of rotatable bonds is 2. The predicted octanol–water partition coefficient (Wildman–Crippen LogP) is 2.40. The van der Waals surface area contributed by atoms with Gasteiger partial charge in [-0.2, -0.15) is 26.3 Å². The smallest absolute Gasteiger partial charge is 0.343 e. The summed E-state index contributed by atoms with van der Waals surface area (Å²) in [5.74, 6) is -2.91. The van der Waals surface area contributed by atoms with Gasteiger partial charge >= 0.3 is 18.3 Å². The summed E-state index contributed by atoms with van der Waals surface area (Å²) < 4.78 is 72.8. The van der Waals surface area contributed by atoms with E-state index in [0.717, 1.165) is 10.6 Å². The molecule has 3 aromatic heterocycles. The number of hydrogen-bond donors (Lipinski definition) is 1. The third-order valence-electron chi connectivity index (χ3n) is 2.89. The van der Waals surface area contributed by atoms with Gasteiger partial charge in [0.05, 0.1) is 36.3 Å². The van der Waals surface area contributed by atoms with Crippen molar-refractivity contribution in [1.29, 1.82) is 0 Å². The fraction of sp³-hybridized carbons (Fsp3) is 0.214. The van der Waals surface area contributed by atoms with E-state index in [9.17, 15) is 31.1 Å². The lowest BCUT2D eigenvalue weighted by Gasteiger charge is -2.06. The van der Waals surface area contributed by atoms with E-state index in [1.807, 2.05) is 0 Å². The molecular weight excluding hydrogens is 382 g/mol. The second-order valence-electron chi connectivity index (χ2n) is 4.83. The Morgan fingerprint density at radius 1 is 0.963 bits per heavy atom. The zero-order valence-electron chi connectivity index (χ0n) is 13.2. The predicted molar refractivity (Wildman–Crippen MR) is 77.9 cm³/mol. The summed E-state index contributed by atoms with van der Waals surface area (Å²) in [5, 5.41) is 1.67. The van der Waals surface area contributed by atoms with Crippen molar-refractivity contribution in [1.82, 2.24) is 29.7 Å². The van der Waals surface area contributed by atoms with Crippen LogP contribution in [0.15, 0.2) is 43.4 Å². The molecule has 3 rings (SSSR count). The molecule has 7 nitrogen and oxygen atoms in total. The summed E-state index contributed by atoms with van der Waals surface area (Å²) in [7, 11) is 0. The molecule has 1 N–H and O–H groups in total. The zero-order valence-corrected chi connectivity index (χ0v) is 13.2. The quantitative estimate of drug-likeness (QED) is 0.677. The number of alkyl halides is 6. The minimum absolute atomic E-state index is 0.269. The standard InChI is InChI=1S/C7H6F3N3O.C7H4F3N3/c8-7(9,10)6(14)13-4-5-3-11-1-2-12-5;8-7(9,10)6-12-4-5-3-11-1-2-13(5)6/h1-3H,4H2,(H,13,14);1-4H. The Labute approximate surface area is 147 Å². The van der Waals surface area contributed by atoms with Gasteiger partial charge in [-0.1, -0.05) is 0 Å². The van der Waals surface area contributed by atoms with Gasteiger partial charge in [0.1, 0.15) is 0 Å². The van der Waals surface area contributed by atoms with Crippen LogP contribution in [-0.2, 0) is 17.5 Å². The second-order valence-corrected chi connectivity index (χ2v) is 4.83. The molecule has 3 heterocycles. The first-order chi connectivity index (χ1) is 12.6. The van der Waals surface area contributed by atoms with E-state index < -0.39 is 24.1 Å². The van der Waals surface area contributed by atoms with Crippen molar-refractivity contribution in [3.8, 4) is 0 Å². The fourth-order valence-electron chi connectivity index (χ4n) is 1.75. The monoisotopic (exact) mass is 392 g/mol. The molecule has 0 aliphatic heterocycles. The maximum absolute atomic E-state index is 12.2. The average Bonchev–Trinajstić information content (AvgIpc) is 3.05. The zero-order chi connectivity index (χ0) is 20.1. The number of halogens is 6. The van der Waals surface area contributed by atoms with Gasteiger partial charge in [-0.3, -0.25) is 24.1 Å². The topological polar surface area (TPSA) is 85.1 Å². The van der Waals surface area contributed by atoms with Crippen molar-refractivity contribution in [3.63, 3.8) is 0 Å². The summed E-state index contributed by atoms with van der Waals surface area (Å²) in [6, 6.07) is 0. The Morgan fingerprint density at radius 2 is 1.67 bits per heavy atom. The molecule has 0 bridgehead atoms. The first-order valence-corrected chi connectivity index (χ1v) is 7.03. The van der Waals surface area contributed by atoms with Crippen molar-refractivity contribution in [2.75, 3.05) is 0 Å². The minimum Gasteiger partial charge on any atom is -0.343 e. The first kappa shape index (κ1) is 20.1. The van der Waals surface area contributed by atoms with Crippen molar-refractivity contribution >= 4 is 11.4 Å². The molecule has 0 aliphatic rings. The Hall–Kier alpha value is -3.25. The molecule has 0 spiro atoms. The molecule has 0 saturated heterocycles. The van der Waals surface area contributed by atoms with Gasteiger partial charge in [-0.25, -0.2) is 4.98 Å². The van der Waals surface area contributed by atoms with Crippen LogP contribution in [0.5, 0.6) is 0 Å². The van der Waals surface area contributed by atoms with E-state index in [4.69, 9.17) is 0 Å². The van der Waals surface area contributed by atoms with Crippen molar-refractivity contribution in [2.24, 2.45) is 0 Å². The molecule has 0 unspecified atom stereocenters. The van der Waals surface area contributed by atoms with E-state index in [1.54, 1.807) is 5.32 Å². The van der Waals surface area contributed by atoms with Gasteiger partial charge in [0.2, 0.25) is 5.82 Å². The molecule has 13 heteroatoms.